The van der Waals surface area contributed by atoms with Crippen molar-refractivity contribution in [3.8, 4) is 0 Å². The Morgan fingerprint density at radius 2 is 1.90 bits per heavy atom. The Morgan fingerprint density at radius 3 is 2.40 bits per heavy atom. The molecule has 0 radical (unpaired) electrons. The van der Waals surface area contributed by atoms with Crippen LogP contribution in [0.3, 0.4) is 0 Å². The topological polar surface area (TPSA) is 66.8 Å². The van der Waals surface area contributed by atoms with E-state index in [-0.39, 0.29) is 29.6 Å². The highest BCUT2D eigenvalue weighted by Crippen LogP contribution is 2.36. The molecule has 0 aromatic carbocycles. The van der Waals surface area contributed by atoms with Gasteiger partial charge in [-0.15, -0.1) is 0 Å². The predicted octanol–water partition coefficient (Wildman–Crippen LogP) is 2.54. The van der Waals surface area contributed by atoms with Gasteiger partial charge < -0.3 is 19.5 Å². The fourth-order valence-corrected chi connectivity index (χ4v) is 3.21. The van der Waals surface area contributed by atoms with Crippen LogP contribution in [0.4, 0.5) is 4.79 Å². The summed E-state index contributed by atoms with van der Waals surface area (Å²) in [4.78, 5) is 23.5. The molecule has 1 amide bonds. The molecule has 0 aromatic rings. The highest BCUT2D eigenvalue weighted by atomic mass is 16.5. The number of piperidine rings is 1. The Labute approximate surface area is 120 Å². The summed E-state index contributed by atoms with van der Waals surface area (Å²) in [6, 6.07) is -0.0132. The lowest BCUT2D eigenvalue weighted by Gasteiger charge is -2.46. The number of hydrogen-bond acceptors (Lipinski definition) is 3. The van der Waals surface area contributed by atoms with E-state index in [0.29, 0.717) is 6.54 Å². The third-order valence-electron chi connectivity index (χ3n) is 4.51. The SMILES string of the molecule is CC(C)(C)C1CC(OC2CC(C=O)C2)CCN1C(=O)O. The first-order valence-electron chi connectivity index (χ1n) is 7.41. The van der Waals surface area contributed by atoms with Crippen LogP contribution in [0.15, 0.2) is 0 Å². The van der Waals surface area contributed by atoms with Gasteiger partial charge in [0.1, 0.15) is 6.29 Å². The lowest BCUT2D eigenvalue weighted by Crippen LogP contribution is -2.54. The van der Waals surface area contributed by atoms with Crippen LogP contribution in [-0.4, -0.2) is 47.2 Å². The monoisotopic (exact) mass is 283 g/mol. The second-order valence-corrected chi connectivity index (χ2v) is 7.13. The lowest BCUT2D eigenvalue weighted by atomic mass is 9.79. The molecule has 0 spiro atoms. The Morgan fingerprint density at radius 1 is 1.25 bits per heavy atom. The summed E-state index contributed by atoms with van der Waals surface area (Å²) < 4.78 is 6.03. The number of carbonyl (C=O) groups is 2. The number of hydrogen-bond donors (Lipinski definition) is 1. The van der Waals surface area contributed by atoms with Gasteiger partial charge in [-0.3, -0.25) is 0 Å². The van der Waals surface area contributed by atoms with Crippen LogP contribution in [0.5, 0.6) is 0 Å². The van der Waals surface area contributed by atoms with Gasteiger partial charge in [-0.25, -0.2) is 4.79 Å². The standard InChI is InChI=1S/C15H25NO4/c1-15(2,3)13-8-11(4-5-16(13)14(18)19)20-12-6-10(7-12)9-17/h9-13H,4-8H2,1-3H3,(H,18,19). The van der Waals surface area contributed by atoms with Crippen molar-refractivity contribution in [3.63, 3.8) is 0 Å². The predicted molar refractivity (Wildman–Crippen MR) is 74.7 cm³/mol. The van der Waals surface area contributed by atoms with Crippen LogP contribution >= 0.6 is 0 Å². The van der Waals surface area contributed by atoms with Crippen molar-refractivity contribution < 1.29 is 19.4 Å². The van der Waals surface area contributed by atoms with E-state index in [2.05, 4.69) is 20.8 Å². The summed E-state index contributed by atoms with van der Waals surface area (Å²) in [6.45, 7) is 6.75. The first-order chi connectivity index (χ1) is 9.31. The molecule has 5 heteroatoms. The summed E-state index contributed by atoms with van der Waals surface area (Å²) in [5.74, 6) is 0.164. The van der Waals surface area contributed by atoms with Gasteiger partial charge in [0.15, 0.2) is 0 Å². The second-order valence-electron chi connectivity index (χ2n) is 7.13. The van der Waals surface area contributed by atoms with Crippen LogP contribution in [0.2, 0.25) is 0 Å². The number of nitrogens with zero attached hydrogens (tertiary/aromatic N) is 1. The van der Waals surface area contributed by atoms with Crippen molar-refractivity contribution in [2.45, 2.75) is 64.7 Å². The Kier molecular flexibility index (Phi) is 4.37. The molecule has 1 saturated carbocycles. The highest BCUT2D eigenvalue weighted by molar-refractivity contribution is 5.65. The minimum atomic E-state index is -0.840. The molecule has 2 aliphatic rings. The van der Waals surface area contributed by atoms with Crippen molar-refractivity contribution in [1.29, 1.82) is 0 Å². The molecule has 1 aliphatic heterocycles. The zero-order valence-corrected chi connectivity index (χ0v) is 12.5. The molecule has 1 N–H and O–H groups in total. The molecule has 0 bridgehead atoms. The first kappa shape index (κ1) is 15.3. The van der Waals surface area contributed by atoms with Crippen molar-refractivity contribution in [2.75, 3.05) is 6.54 Å². The van der Waals surface area contributed by atoms with Gasteiger partial charge in [0, 0.05) is 18.5 Å². The maximum absolute atomic E-state index is 11.3. The van der Waals surface area contributed by atoms with Crippen LogP contribution in [0.1, 0.15) is 46.5 Å². The van der Waals surface area contributed by atoms with E-state index in [0.717, 1.165) is 32.0 Å². The Balaban J connectivity index is 1.92. The zero-order chi connectivity index (χ0) is 14.9. The molecular formula is C15H25NO4. The smallest absolute Gasteiger partial charge is 0.407 e. The highest BCUT2D eigenvalue weighted by Gasteiger charge is 2.40. The summed E-state index contributed by atoms with van der Waals surface area (Å²) in [7, 11) is 0. The van der Waals surface area contributed by atoms with Crippen LogP contribution in [0, 0.1) is 11.3 Å². The van der Waals surface area contributed by atoms with Crippen LogP contribution in [-0.2, 0) is 9.53 Å². The quantitative estimate of drug-likeness (QED) is 0.808. The molecule has 0 aromatic heterocycles. The number of carboxylic acid groups (broad SMARTS) is 1. The van der Waals surface area contributed by atoms with Crippen molar-refractivity contribution in [1.82, 2.24) is 4.90 Å². The van der Waals surface area contributed by atoms with Crippen LogP contribution in [0.25, 0.3) is 0 Å². The van der Waals surface area contributed by atoms with E-state index in [1.54, 1.807) is 4.90 Å². The fraction of sp³-hybridized carbons (Fsp3) is 0.867. The maximum atomic E-state index is 11.3. The average Bonchev–Trinajstić information content (AvgIpc) is 2.31. The van der Waals surface area contributed by atoms with Gasteiger partial charge in [-0.2, -0.15) is 0 Å². The number of aldehydes is 1. The van der Waals surface area contributed by atoms with Gasteiger partial charge in [-0.1, -0.05) is 20.8 Å². The molecule has 1 saturated heterocycles. The Hall–Kier alpha value is -1.10. The molecule has 20 heavy (non-hydrogen) atoms. The normalized spacial score (nSPS) is 34.5. The summed E-state index contributed by atoms with van der Waals surface area (Å²) in [5.41, 5.74) is -0.0919. The first-order valence-corrected chi connectivity index (χ1v) is 7.41. The summed E-state index contributed by atoms with van der Waals surface area (Å²) in [6.07, 6.45) is 3.61. The molecule has 2 atom stereocenters. The zero-order valence-electron chi connectivity index (χ0n) is 12.5. The number of ether oxygens (including phenoxy) is 1. The molecule has 1 aliphatic carbocycles. The Bertz CT molecular complexity index is 371. The van der Waals surface area contributed by atoms with Crippen LogP contribution < -0.4 is 0 Å². The minimum absolute atomic E-state index is 0.0132. The van der Waals surface area contributed by atoms with Crippen molar-refractivity contribution in [2.24, 2.45) is 11.3 Å². The molecule has 2 fully saturated rings. The average molecular weight is 283 g/mol. The maximum Gasteiger partial charge on any atom is 0.407 e. The van der Waals surface area contributed by atoms with E-state index in [1.807, 2.05) is 0 Å². The largest absolute Gasteiger partial charge is 0.465 e. The second kappa shape index (κ2) is 5.72. The van der Waals surface area contributed by atoms with Crippen molar-refractivity contribution >= 4 is 12.4 Å². The third kappa shape index (κ3) is 3.32. The fourth-order valence-electron chi connectivity index (χ4n) is 3.21. The van der Waals surface area contributed by atoms with E-state index in [4.69, 9.17) is 4.74 Å². The number of carbonyl (C=O) groups excluding carboxylic acids is 1. The van der Waals surface area contributed by atoms with Gasteiger partial charge in [0.2, 0.25) is 0 Å². The summed E-state index contributed by atoms with van der Waals surface area (Å²) in [5, 5.41) is 9.31. The number of rotatable bonds is 3. The molecule has 2 unspecified atom stereocenters. The van der Waals surface area contributed by atoms with Gasteiger partial charge in [-0.05, 0) is 31.1 Å². The molecule has 2 rings (SSSR count). The minimum Gasteiger partial charge on any atom is -0.465 e. The van der Waals surface area contributed by atoms with E-state index < -0.39 is 6.09 Å². The molecule has 1 heterocycles. The van der Waals surface area contributed by atoms with Gasteiger partial charge in [0.25, 0.3) is 0 Å². The molecule has 5 nitrogen and oxygen atoms in total. The molecule has 114 valence electrons. The van der Waals surface area contributed by atoms with E-state index in [9.17, 15) is 14.7 Å². The van der Waals surface area contributed by atoms with Gasteiger partial charge in [0.05, 0.1) is 12.2 Å². The van der Waals surface area contributed by atoms with E-state index in [1.165, 1.54) is 0 Å². The third-order valence-corrected chi connectivity index (χ3v) is 4.51. The molecular weight excluding hydrogens is 258 g/mol. The van der Waals surface area contributed by atoms with E-state index >= 15 is 0 Å². The summed E-state index contributed by atoms with van der Waals surface area (Å²) >= 11 is 0. The number of amides is 1. The van der Waals surface area contributed by atoms with Crippen molar-refractivity contribution in [3.05, 3.63) is 0 Å². The van der Waals surface area contributed by atoms with Gasteiger partial charge >= 0.3 is 6.09 Å². The lowest BCUT2D eigenvalue weighted by molar-refractivity contribution is -0.130. The number of likely N-dealkylation sites (tertiary alicyclic amines) is 1.